The second kappa shape index (κ2) is 8.21. The minimum atomic E-state index is -1.92. The van der Waals surface area contributed by atoms with Crippen LogP contribution in [0.25, 0.3) is 0 Å². The molecule has 1 amide bonds. The summed E-state index contributed by atoms with van der Waals surface area (Å²) in [6.45, 7) is 1.97. The Morgan fingerprint density at radius 1 is 1.20 bits per heavy atom. The average molecular weight is 409 g/mol. The summed E-state index contributed by atoms with van der Waals surface area (Å²) in [5.41, 5.74) is -0.894. The first kappa shape index (κ1) is 20.8. The molecule has 9 nitrogen and oxygen atoms in total. The molecule has 2 heterocycles. The predicted molar refractivity (Wildman–Crippen MR) is 103 cm³/mol. The van der Waals surface area contributed by atoms with Crippen molar-refractivity contribution in [1.82, 2.24) is 4.98 Å². The van der Waals surface area contributed by atoms with Gasteiger partial charge in [0.25, 0.3) is 0 Å². The number of anilines is 1. The number of hydrogen-bond donors (Lipinski definition) is 1. The number of aromatic nitrogens is 1. The van der Waals surface area contributed by atoms with Gasteiger partial charge in [-0.15, -0.1) is 0 Å². The van der Waals surface area contributed by atoms with Crippen molar-refractivity contribution in [3.05, 3.63) is 53.2 Å². The monoisotopic (exact) mass is 409 g/mol. The van der Waals surface area contributed by atoms with Crippen molar-refractivity contribution in [2.75, 3.05) is 26.1 Å². The second-order valence-corrected chi connectivity index (χ2v) is 6.40. The molecule has 1 N–H and O–H groups in total. The predicted octanol–water partition coefficient (Wildman–Crippen LogP) is 1.55. The summed E-state index contributed by atoms with van der Waals surface area (Å²) < 4.78 is 15.3. The third kappa shape index (κ3) is 3.03. The van der Waals surface area contributed by atoms with Gasteiger partial charge in [0, 0.05) is 17.4 Å². The van der Waals surface area contributed by atoms with E-state index < -0.39 is 29.2 Å². The van der Waals surface area contributed by atoms with E-state index in [1.54, 1.807) is 19.1 Å². The minimum absolute atomic E-state index is 0.0724. The summed E-state index contributed by atoms with van der Waals surface area (Å²) in [7, 11) is 2.22. The maximum absolute atomic E-state index is 13.5. The first-order chi connectivity index (χ1) is 14.4. The summed E-state index contributed by atoms with van der Waals surface area (Å²) >= 11 is 0. The quantitative estimate of drug-likeness (QED) is 0.562. The molecule has 1 aromatic carbocycles. The summed E-state index contributed by atoms with van der Waals surface area (Å²) in [4.78, 5) is 43.3. The molecular weight excluding hydrogens is 390 g/mol. The van der Waals surface area contributed by atoms with Crippen molar-refractivity contribution < 1.29 is 28.6 Å². The molecule has 1 aromatic heterocycles. The number of carbonyl (C=O) groups excluding carboxylic acids is 3. The molecule has 1 atom stereocenters. The molecular formula is C21H19N3O6. The van der Waals surface area contributed by atoms with E-state index in [-0.39, 0.29) is 29.2 Å². The number of carbonyl (C=O) groups is 3. The molecule has 0 radical (unpaired) electrons. The van der Waals surface area contributed by atoms with Gasteiger partial charge in [0.1, 0.15) is 5.41 Å². The van der Waals surface area contributed by atoms with E-state index in [1.807, 2.05) is 6.07 Å². The third-order valence-corrected chi connectivity index (χ3v) is 4.96. The fraction of sp³-hybridized carbons (Fsp3) is 0.286. The molecule has 1 aliphatic rings. The molecule has 0 saturated heterocycles. The zero-order chi connectivity index (χ0) is 21.9. The van der Waals surface area contributed by atoms with E-state index in [2.05, 4.69) is 10.3 Å². The number of pyridine rings is 1. The van der Waals surface area contributed by atoms with Crippen LogP contribution in [0.5, 0.6) is 5.88 Å². The number of nitrogens with one attached hydrogen (secondary N) is 1. The van der Waals surface area contributed by atoms with Crippen LogP contribution in [0.1, 0.15) is 23.6 Å². The van der Waals surface area contributed by atoms with E-state index in [0.29, 0.717) is 5.69 Å². The van der Waals surface area contributed by atoms with Crippen LogP contribution in [0, 0.1) is 17.2 Å². The molecule has 0 fully saturated rings. The highest BCUT2D eigenvalue weighted by molar-refractivity contribution is 6.16. The van der Waals surface area contributed by atoms with Crippen LogP contribution in [-0.4, -0.2) is 43.7 Å². The fourth-order valence-electron chi connectivity index (χ4n) is 3.73. The van der Waals surface area contributed by atoms with Crippen LogP contribution in [0.4, 0.5) is 5.69 Å². The molecule has 0 aliphatic carbocycles. The topological polar surface area (TPSA) is 128 Å². The maximum atomic E-state index is 13.5. The van der Waals surface area contributed by atoms with Crippen LogP contribution in [0.3, 0.4) is 0 Å². The van der Waals surface area contributed by atoms with Gasteiger partial charge >= 0.3 is 11.9 Å². The van der Waals surface area contributed by atoms with Crippen molar-refractivity contribution in [2.24, 2.45) is 5.92 Å². The van der Waals surface area contributed by atoms with Gasteiger partial charge in [-0.3, -0.25) is 14.4 Å². The number of ether oxygens (including phenoxy) is 3. The van der Waals surface area contributed by atoms with Crippen LogP contribution >= 0.6 is 0 Å². The highest BCUT2D eigenvalue weighted by atomic mass is 16.5. The number of nitriles is 1. The first-order valence-electron chi connectivity index (χ1n) is 9.05. The number of fused-ring (bicyclic) bond motifs is 1. The number of benzene rings is 1. The SMILES string of the molecule is CCOc1ncccc1C1(C(C(=O)OC)C(=O)OC)C(=O)Nc2ccc(C#N)cc21. The van der Waals surface area contributed by atoms with Crippen molar-refractivity contribution in [2.45, 2.75) is 12.3 Å². The van der Waals surface area contributed by atoms with E-state index in [9.17, 15) is 19.6 Å². The van der Waals surface area contributed by atoms with Crippen LogP contribution in [0.15, 0.2) is 36.5 Å². The highest BCUT2D eigenvalue weighted by Crippen LogP contribution is 2.51. The van der Waals surface area contributed by atoms with E-state index >= 15 is 0 Å². The molecule has 0 spiro atoms. The molecule has 2 aromatic rings. The van der Waals surface area contributed by atoms with Gasteiger partial charge in [-0.05, 0) is 36.8 Å². The van der Waals surface area contributed by atoms with Crippen LogP contribution < -0.4 is 10.1 Å². The molecule has 1 aliphatic heterocycles. The van der Waals surface area contributed by atoms with Gasteiger partial charge in [-0.25, -0.2) is 4.98 Å². The van der Waals surface area contributed by atoms with Crippen molar-refractivity contribution in [3.63, 3.8) is 0 Å². The lowest BCUT2D eigenvalue weighted by molar-refractivity contribution is -0.163. The van der Waals surface area contributed by atoms with E-state index in [0.717, 1.165) is 14.2 Å². The zero-order valence-corrected chi connectivity index (χ0v) is 16.6. The Hall–Kier alpha value is -3.93. The van der Waals surface area contributed by atoms with Crippen molar-refractivity contribution in [3.8, 4) is 11.9 Å². The largest absolute Gasteiger partial charge is 0.478 e. The molecule has 0 saturated carbocycles. The Kier molecular flexibility index (Phi) is 5.69. The lowest BCUT2D eigenvalue weighted by Gasteiger charge is -2.33. The number of hydrogen-bond acceptors (Lipinski definition) is 8. The lowest BCUT2D eigenvalue weighted by Crippen LogP contribution is -2.51. The summed E-state index contributed by atoms with van der Waals surface area (Å²) in [5.74, 6) is -4.24. The molecule has 3 rings (SSSR count). The normalized spacial score (nSPS) is 17.0. The number of methoxy groups -OCH3 is 2. The molecule has 9 heteroatoms. The third-order valence-electron chi connectivity index (χ3n) is 4.96. The Morgan fingerprint density at radius 2 is 1.90 bits per heavy atom. The van der Waals surface area contributed by atoms with Gasteiger partial charge in [-0.1, -0.05) is 6.07 Å². The minimum Gasteiger partial charge on any atom is -0.478 e. The van der Waals surface area contributed by atoms with Gasteiger partial charge in [0.05, 0.1) is 32.5 Å². The lowest BCUT2D eigenvalue weighted by atomic mass is 9.66. The fourth-order valence-corrected chi connectivity index (χ4v) is 3.73. The average Bonchev–Trinajstić information content (AvgIpc) is 3.05. The highest BCUT2D eigenvalue weighted by Gasteiger charge is 2.62. The van der Waals surface area contributed by atoms with Gasteiger partial charge in [0.2, 0.25) is 11.8 Å². The first-order valence-corrected chi connectivity index (χ1v) is 9.05. The Morgan fingerprint density at radius 3 is 2.50 bits per heavy atom. The second-order valence-electron chi connectivity index (χ2n) is 6.40. The zero-order valence-electron chi connectivity index (χ0n) is 16.6. The molecule has 0 bridgehead atoms. The van der Waals surface area contributed by atoms with Gasteiger partial charge in [-0.2, -0.15) is 5.26 Å². The van der Waals surface area contributed by atoms with Gasteiger partial charge in [0.15, 0.2) is 5.92 Å². The molecule has 154 valence electrons. The summed E-state index contributed by atoms with van der Waals surface area (Å²) in [6.07, 6.45) is 1.47. The Balaban J connectivity index is 2.47. The van der Waals surface area contributed by atoms with Crippen LogP contribution in [-0.2, 0) is 29.3 Å². The van der Waals surface area contributed by atoms with Crippen molar-refractivity contribution >= 4 is 23.5 Å². The Labute approximate surface area is 172 Å². The Bertz CT molecular complexity index is 1040. The number of nitrogens with zero attached hydrogens (tertiary/aromatic N) is 2. The van der Waals surface area contributed by atoms with Crippen molar-refractivity contribution in [1.29, 1.82) is 5.26 Å². The van der Waals surface area contributed by atoms with Crippen LogP contribution in [0.2, 0.25) is 0 Å². The number of rotatable bonds is 6. The maximum Gasteiger partial charge on any atom is 0.321 e. The standard InChI is InChI=1S/C21H19N3O6/c1-4-30-17-13(6-5-9-23-17)21(16(18(25)28-2)19(26)29-3)14-10-12(11-22)7-8-15(14)24-20(21)27/h5-10,16H,4H2,1-3H3,(H,24,27). The smallest absolute Gasteiger partial charge is 0.321 e. The van der Waals surface area contributed by atoms with E-state index in [4.69, 9.17) is 14.2 Å². The number of amides is 1. The van der Waals surface area contributed by atoms with Gasteiger partial charge < -0.3 is 19.5 Å². The summed E-state index contributed by atoms with van der Waals surface area (Å²) in [5, 5.41) is 12.1. The molecule has 1 unspecified atom stereocenters. The van der Waals surface area contributed by atoms with E-state index in [1.165, 1.54) is 24.4 Å². The number of esters is 2. The molecule has 30 heavy (non-hydrogen) atoms. The summed E-state index contributed by atoms with van der Waals surface area (Å²) in [6, 6.07) is 9.63.